The number of anilines is 1. The maximum atomic E-state index is 12.4. The number of aromatic amines is 1. The fourth-order valence-electron chi connectivity index (χ4n) is 2.31. The molecule has 1 saturated heterocycles. The van der Waals surface area contributed by atoms with Crippen LogP contribution in [0, 0.1) is 0 Å². The number of carbonyl (C=O) groups excluding carboxylic acids is 1. The lowest BCUT2D eigenvalue weighted by molar-refractivity contribution is 0.198. The Balaban J connectivity index is 1.81. The minimum atomic E-state index is 0.0420. The highest BCUT2D eigenvalue weighted by Gasteiger charge is 2.20. The van der Waals surface area contributed by atoms with Gasteiger partial charge in [0.1, 0.15) is 0 Å². The maximum absolute atomic E-state index is 12.4. The first-order chi connectivity index (χ1) is 9.25. The molecular weight excluding hydrogens is 242 g/mol. The monoisotopic (exact) mass is 259 g/mol. The number of hydrogen-bond acceptors (Lipinski definition) is 3. The Kier molecular flexibility index (Phi) is 3.08. The molecule has 6 heteroatoms. The summed E-state index contributed by atoms with van der Waals surface area (Å²) in [4.78, 5) is 23.2. The summed E-state index contributed by atoms with van der Waals surface area (Å²) in [5.74, 6) is 0. The molecule has 2 heterocycles. The second-order valence-electron chi connectivity index (χ2n) is 4.68. The first kappa shape index (κ1) is 12.0. The molecule has 1 fully saturated rings. The molecule has 2 amide bonds. The van der Waals surface area contributed by atoms with Gasteiger partial charge in [0, 0.05) is 38.9 Å². The molecule has 0 atom stereocenters. The summed E-state index contributed by atoms with van der Waals surface area (Å²) in [6.45, 7) is 3.24. The summed E-state index contributed by atoms with van der Waals surface area (Å²) in [5, 5.41) is 3.24. The summed E-state index contributed by atoms with van der Waals surface area (Å²) < 4.78 is 0. The van der Waals surface area contributed by atoms with Gasteiger partial charge in [-0.2, -0.15) is 0 Å². The van der Waals surface area contributed by atoms with Gasteiger partial charge in [0.05, 0.1) is 17.4 Å². The van der Waals surface area contributed by atoms with Crippen LogP contribution in [0.15, 0.2) is 24.5 Å². The van der Waals surface area contributed by atoms with Crippen LogP contribution in [-0.2, 0) is 0 Å². The first-order valence-corrected chi connectivity index (χ1v) is 6.42. The standard InChI is InChI=1S/C13H17N5O/c1-17(13(19)18-6-4-14-5-7-18)10-2-3-11-12(8-10)16-9-15-11/h2-3,8-9,14H,4-7H2,1H3,(H,15,16). The van der Waals surface area contributed by atoms with E-state index in [0.29, 0.717) is 0 Å². The molecule has 0 spiro atoms. The van der Waals surface area contributed by atoms with Crippen molar-refractivity contribution in [2.45, 2.75) is 0 Å². The number of rotatable bonds is 1. The number of carbonyl (C=O) groups is 1. The van der Waals surface area contributed by atoms with Crippen molar-refractivity contribution in [2.24, 2.45) is 0 Å². The van der Waals surface area contributed by atoms with Gasteiger partial charge in [0.15, 0.2) is 0 Å². The topological polar surface area (TPSA) is 64.3 Å². The molecule has 0 bridgehead atoms. The van der Waals surface area contributed by atoms with Crippen molar-refractivity contribution >= 4 is 22.8 Å². The van der Waals surface area contributed by atoms with Gasteiger partial charge in [-0.15, -0.1) is 0 Å². The molecule has 0 saturated carbocycles. The lowest BCUT2D eigenvalue weighted by Crippen LogP contribution is -2.50. The largest absolute Gasteiger partial charge is 0.345 e. The average Bonchev–Trinajstić information content (AvgIpc) is 2.94. The first-order valence-electron chi connectivity index (χ1n) is 6.42. The quantitative estimate of drug-likeness (QED) is 0.804. The van der Waals surface area contributed by atoms with E-state index < -0.39 is 0 Å². The van der Waals surface area contributed by atoms with Crippen LogP contribution in [-0.4, -0.2) is 54.1 Å². The number of hydrogen-bond donors (Lipinski definition) is 2. The average molecular weight is 259 g/mol. The molecular formula is C13H17N5O. The van der Waals surface area contributed by atoms with Crippen molar-refractivity contribution in [3.05, 3.63) is 24.5 Å². The number of urea groups is 1. The second-order valence-corrected chi connectivity index (χ2v) is 4.68. The molecule has 0 aliphatic carbocycles. The fourth-order valence-corrected chi connectivity index (χ4v) is 2.31. The van der Waals surface area contributed by atoms with Crippen LogP contribution in [0.3, 0.4) is 0 Å². The summed E-state index contributed by atoms with van der Waals surface area (Å²) in [7, 11) is 1.81. The van der Waals surface area contributed by atoms with Gasteiger partial charge >= 0.3 is 6.03 Å². The zero-order chi connectivity index (χ0) is 13.2. The summed E-state index contributed by atoms with van der Waals surface area (Å²) in [6, 6.07) is 5.83. The Bertz CT molecular complexity index is 587. The van der Waals surface area contributed by atoms with Crippen molar-refractivity contribution in [2.75, 3.05) is 38.1 Å². The van der Waals surface area contributed by atoms with E-state index in [2.05, 4.69) is 15.3 Å². The van der Waals surface area contributed by atoms with E-state index in [0.717, 1.165) is 42.9 Å². The van der Waals surface area contributed by atoms with E-state index in [1.54, 1.807) is 11.2 Å². The number of aromatic nitrogens is 2. The summed E-state index contributed by atoms with van der Waals surface area (Å²) >= 11 is 0. The predicted molar refractivity (Wildman–Crippen MR) is 74.3 cm³/mol. The maximum Gasteiger partial charge on any atom is 0.324 e. The summed E-state index contributed by atoms with van der Waals surface area (Å²) in [6.07, 6.45) is 1.66. The molecule has 1 aromatic carbocycles. The van der Waals surface area contributed by atoms with Gasteiger partial charge in [-0.3, -0.25) is 4.90 Å². The minimum Gasteiger partial charge on any atom is -0.345 e. The SMILES string of the molecule is CN(C(=O)N1CCNCC1)c1ccc2nc[nH]c2c1. The Labute approximate surface area is 111 Å². The van der Waals surface area contributed by atoms with Crippen molar-refractivity contribution in [3.63, 3.8) is 0 Å². The zero-order valence-electron chi connectivity index (χ0n) is 10.9. The van der Waals surface area contributed by atoms with Gasteiger partial charge in [-0.25, -0.2) is 9.78 Å². The van der Waals surface area contributed by atoms with Crippen molar-refractivity contribution in [1.82, 2.24) is 20.2 Å². The molecule has 1 aromatic heterocycles. The number of benzene rings is 1. The van der Waals surface area contributed by atoms with Crippen molar-refractivity contribution in [3.8, 4) is 0 Å². The number of nitrogens with one attached hydrogen (secondary N) is 2. The van der Waals surface area contributed by atoms with Crippen molar-refractivity contribution < 1.29 is 4.79 Å². The lowest BCUT2D eigenvalue weighted by Gasteiger charge is -2.31. The number of imidazole rings is 1. The molecule has 19 heavy (non-hydrogen) atoms. The third-order valence-corrected chi connectivity index (χ3v) is 3.47. The van der Waals surface area contributed by atoms with E-state index >= 15 is 0 Å². The van der Waals surface area contributed by atoms with Gasteiger partial charge in [-0.05, 0) is 18.2 Å². The van der Waals surface area contributed by atoms with E-state index in [-0.39, 0.29) is 6.03 Å². The molecule has 0 unspecified atom stereocenters. The van der Waals surface area contributed by atoms with Gasteiger partial charge in [0.25, 0.3) is 0 Å². The Morgan fingerprint density at radius 1 is 1.37 bits per heavy atom. The molecule has 100 valence electrons. The van der Waals surface area contributed by atoms with Crippen molar-refractivity contribution in [1.29, 1.82) is 0 Å². The number of nitrogens with zero attached hydrogens (tertiary/aromatic N) is 3. The van der Waals surface area contributed by atoms with Crippen LogP contribution in [0.2, 0.25) is 0 Å². The number of amides is 2. The highest BCUT2D eigenvalue weighted by molar-refractivity contribution is 5.93. The lowest BCUT2D eigenvalue weighted by atomic mass is 10.2. The van der Waals surface area contributed by atoms with E-state index in [9.17, 15) is 4.79 Å². The molecule has 3 rings (SSSR count). The second kappa shape index (κ2) is 4.89. The number of H-pyrrole nitrogens is 1. The Morgan fingerprint density at radius 3 is 2.95 bits per heavy atom. The molecule has 0 radical (unpaired) electrons. The van der Waals surface area contributed by atoms with Gasteiger partial charge < -0.3 is 15.2 Å². The Morgan fingerprint density at radius 2 is 2.16 bits per heavy atom. The summed E-state index contributed by atoms with van der Waals surface area (Å²) in [5.41, 5.74) is 2.73. The molecule has 2 aromatic rings. The Hall–Kier alpha value is -2.08. The molecule has 6 nitrogen and oxygen atoms in total. The van der Waals surface area contributed by atoms with E-state index in [1.807, 2.05) is 30.1 Å². The van der Waals surface area contributed by atoms with E-state index in [1.165, 1.54) is 0 Å². The smallest absolute Gasteiger partial charge is 0.324 e. The van der Waals surface area contributed by atoms with Crippen LogP contribution in [0.4, 0.5) is 10.5 Å². The zero-order valence-corrected chi connectivity index (χ0v) is 10.9. The third kappa shape index (κ3) is 2.26. The van der Waals surface area contributed by atoms with Crippen LogP contribution < -0.4 is 10.2 Å². The third-order valence-electron chi connectivity index (χ3n) is 3.47. The van der Waals surface area contributed by atoms with Gasteiger partial charge in [0.2, 0.25) is 0 Å². The molecule has 2 N–H and O–H groups in total. The van der Waals surface area contributed by atoms with Crippen LogP contribution in [0.5, 0.6) is 0 Å². The van der Waals surface area contributed by atoms with Crippen LogP contribution in [0.1, 0.15) is 0 Å². The number of fused-ring (bicyclic) bond motifs is 1. The predicted octanol–water partition coefficient (Wildman–Crippen LogP) is 1.02. The molecule has 1 aliphatic heterocycles. The fraction of sp³-hybridized carbons (Fsp3) is 0.385. The van der Waals surface area contributed by atoms with Gasteiger partial charge in [-0.1, -0.05) is 0 Å². The highest BCUT2D eigenvalue weighted by Crippen LogP contribution is 2.19. The number of piperazine rings is 1. The normalized spacial score (nSPS) is 15.7. The highest BCUT2D eigenvalue weighted by atomic mass is 16.2. The van der Waals surface area contributed by atoms with Crippen LogP contribution in [0.25, 0.3) is 11.0 Å². The molecule has 1 aliphatic rings. The van der Waals surface area contributed by atoms with E-state index in [4.69, 9.17) is 0 Å². The minimum absolute atomic E-state index is 0.0420. The van der Waals surface area contributed by atoms with Crippen LogP contribution >= 0.6 is 0 Å².